The van der Waals surface area contributed by atoms with Crippen LogP contribution in [-0.2, 0) is 0 Å². The second-order valence-electron chi connectivity index (χ2n) is 4.62. The summed E-state index contributed by atoms with van der Waals surface area (Å²) >= 11 is 0. The molecule has 1 aliphatic rings. The summed E-state index contributed by atoms with van der Waals surface area (Å²) in [5.74, 6) is 0.625. The molecule has 0 bridgehead atoms. The third kappa shape index (κ3) is 1.23. The summed E-state index contributed by atoms with van der Waals surface area (Å²) in [6.45, 7) is 4.50. The zero-order valence-electron chi connectivity index (χ0n) is 9.83. The van der Waals surface area contributed by atoms with Crippen LogP contribution in [0.15, 0.2) is 42.5 Å². The van der Waals surface area contributed by atoms with Crippen molar-refractivity contribution in [3.63, 3.8) is 0 Å². The van der Waals surface area contributed by atoms with E-state index >= 15 is 0 Å². The zero-order valence-corrected chi connectivity index (χ0v) is 9.83. The lowest BCUT2D eigenvalue weighted by Gasteiger charge is -2.10. The Morgan fingerprint density at radius 1 is 1.06 bits per heavy atom. The van der Waals surface area contributed by atoms with Crippen LogP contribution in [0.5, 0.6) is 0 Å². The molecule has 0 spiro atoms. The van der Waals surface area contributed by atoms with Crippen molar-refractivity contribution in [3.05, 3.63) is 53.6 Å². The summed E-state index contributed by atoms with van der Waals surface area (Å²) in [6, 6.07) is 13.2. The van der Waals surface area contributed by atoms with E-state index in [9.17, 15) is 0 Å². The lowest BCUT2D eigenvalue weighted by atomic mass is 9.94. The summed E-state index contributed by atoms with van der Waals surface area (Å²) in [5.41, 5.74) is 4.43. The van der Waals surface area contributed by atoms with Gasteiger partial charge < -0.3 is 0 Å². The van der Waals surface area contributed by atoms with Crippen LogP contribution in [0, 0.1) is 0 Å². The van der Waals surface area contributed by atoms with Crippen LogP contribution in [0.1, 0.15) is 37.3 Å². The van der Waals surface area contributed by atoms with Crippen molar-refractivity contribution in [1.82, 2.24) is 0 Å². The van der Waals surface area contributed by atoms with Gasteiger partial charge in [-0.15, -0.1) is 0 Å². The van der Waals surface area contributed by atoms with Gasteiger partial charge in [-0.2, -0.15) is 0 Å². The molecule has 0 amide bonds. The molecule has 0 saturated carbocycles. The van der Waals surface area contributed by atoms with Gasteiger partial charge in [-0.05, 0) is 40.8 Å². The van der Waals surface area contributed by atoms with E-state index in [2.05, 4.69) is 56.3 Å². The van der Waals surface area contributed by atoms with Crippen molar-refractivity contribution in [3.8, 4) is 0 Å². The molecule has 16 heavy (non-hydrogen) atoms. The molecule has 1 aliphatic carbocycles. The summed E-state index contributed by atoms with van der Waals surface area (Å²) in [5, 5.41) is 2.76. The van der Waals surface area contributed by atoms with Gasteiger partial charge in [0.25, 0.3) is 0 Å². The molecule has 0 radical (unpaired) electrons. The molecule has 0 heteroatoms. The fraction of sp³-hybridized carbons (Fsp3) is 0.250. The van der Waals surface area contributed by atoms with Gasteiger partial charge in [0.1, 0.15) is 0 Å². The molecular weight excluding hydrogens is 192 g/mol. The number of fused-ring (bicyclic) bond motifs is 3. The Morgan fingerprint density at radius 2 is 1.88 bits per heavy atom. The Labute approximate surface area is 96.6 Å². The molecule has 3 rings (SSSR count). The van der Waals surface area contributed by atoms with Crippen molar-refractivity contribution in [2.24, 2.45) is 0 Å². The Bertz CT molecular complexity index is 576. The first kappa shape index (κ1) is 9.65. The highest BCUT2D eigenvalue weighted by molar-refractivity contribution is 5.97. The quantitative estimate of drug-likeness (QED) is 0.634. The van der Waals surface area contributed by atoms with E-state index in [1.54, 1.807) is 0 Å². The monoisotopic (exact) mass is 208 g/mol. The Balaban J connectivity index is 2.36. The average Bonchev–Trinajstić information content (AvgIpc) is 2.66. The zero-order chi connectivity index (χ0) is 11.1. The molecule has 0 N–H and O–H groups in total. The average molecular weight is 208 g/mol. The second-order valence-corrected chi connectivity index (χ2v) is 4.62. The number of benzene rings is 2. The van der Waals surface area contributed by atoms with E-state index < -0.39 is 0 Å². The van der Waals surface area contributed by atoms with E-state index in [-0.39, 0.29) is 0 Å². The predicted molar refractivity (Wildman–Crippen MR) is 70.6 cm³/mol. The third-order valence-corrected chi connectivity index (χ3v) is 3.65. The summed E-state index contributed by atoms with van der Waals surface area (Å²) in [7, 11) is 0. The van der Waals surface area contributed by atoms with Crippen LogP contribution in [0.2, 0.25) is 0 Å². The van der Waals surface area contributed by atoms with E-state index in [1.165, 1.54) is 33.9 Å². The lowest BCUT2D eigenvalue weighted by molar-refractivity contribution is 0.819. The molecule has 2 aromatic rings. The topological polar surface area (TPSA) is 0 Å². The van der Waals surface area contributed by atoms with E-state index in [0.717, 1.165) is 0 Å². The third-order valence-electron chi connectivity index (χ3n) is 3.65. The van der Waals surface area contributed by atoms with Gasteiger partial charge in [0, 0.05) is 5.92 Å². The highest BCUT2D eigenvalue weighted by Gasteiger charge is 2.21. The van der Waals surface area contributed by atoms with Gasteiger partial charge >= 0.3 is 0 Å². The van der Waals surface area contributed by atoms with Gasteiger partial charge in [-0.3, -0.25) is 0 Å². The summed E-state index contributed by atoms with van der Waals surface area (Å²) < 4.78 is 0. The highest BCUT2D eigenvalue weighted by atomic mass is 14.2. The fourth-order valence-corrected chi connectivity index (χ4v) is 2.85. The molecular formula is C16H16. The molecule has 1 atom stereocenters. The van der Waals surface area contributed by atoms with Crippen molar-refractivity contribution in [2.45, 2.75) is 26.2 Å². The van der Waals surface area contributed by atoms with Crippen LogP contribution in [-0.4, -0.2) is 0 Å². The Kier molecular flexibility index (Phi) is 2.10. The van der Waals surface area contributed by atoms with Crippen LogP contribution in [0.3, 0.4) is 0 Å². The SMILES string of the molecule is CCC1C=C(C)c2c1ccc1ccccc21. The lowest BCUT2D eigenvalue weighted by Crippen LogP contribution is -1.91. The van der Waals surface area contributed by atoms with Gasteiger partial charge in [0.2, 0.25) is 0 Å². The molecule has 0 fully saturated rings. The van der Waals surface area contributed by atoms with Crippen molar-refractivity contribution < 1.29 is 0 Å². The standard InChI is InChI=1S/C16H16/c1-3-12-10-11(2)16-14-7-5-4-6-13(14)8-9-15(12)16/h4-10,12H,3H2,1-2H3. The molecule has 0 saturated heterocycles. The van der Waals surface area contributed by atoms with E-state index in [0.29, 0.717) is 5.92 Å². The molecule has 80 valence electrons. The van der Waals surface area contributed by atoms with Gasteiger partial charge in [0.05, 0.1) is 0 Å². The Morgan fingerprint density at radius 3 is 2.69 bits per heavy atom. The predicted octanol–water partition coefficient (Wildman–Crippen LogP) is 4.75. The van der Waals surface area contributed by atoms with Crippen LogP contribution in [0.4, 0.5) is 0 Å². The number of allylic oxidation sites excluding steroid dienone is 2. The van der Waals surface area contributed by atoms with Gasteiger partial charge in [0.15, 0.2) is 0 Å². The van der Waals surface area contributed by atoms with Crippen molar-refractivity contribution in [2.75, 3.05) is 0 Å². The van der Waals surface area contributed by atoms with E-state index in [1.807, 2.05) is 0 Å². The molecule has 0 aliphatic heterocycles. The first-order chi connectivity index (χ1) is 7.81. The minimum atomic E-state index is 0.625. The summed E-state index contributed by atoms with van der Waals surface area (Å²) in [4.78, 5) is 0. The first-order valence-electron chi connectivity index (χ1n) is 6.01. The molecule has 2 aromatic carbocycles. The number of hydrogen-bond acceptors (Lipinski definition) is 0. The maximum atomic E-state index is 2.41. The molecule has 0 heterocycles. The largest absolute Gasteiger partial charge is 0.0734 e. The van der Waals surface area contributed by atoms with Crippen molar-refractivity contribution >= 4 is 16.3 Å². The number of hydrogen-bond donors (Lipinski definition) is 0. The molecule has 0 nitrogen and oxygen atoms in total. The summed E-state index contributed by atoms with van der Waals surface area (Å²) in [6.07, 6.45) is 3.61. The maximum Gasteiger partial charge on any atom is 0.00275 e. The first-order valence-corrected chi connectivity index (χ1v) is 6.01. The normalized spacial score (nSPS) is 18.6. The van der Waals surface area contributed by atoms with Crippen LogP contribution in [0.25, 0.3) is 16.3 Å². The molecule has 1 unspecified atom stereocenters. The van der Waals surface area contributed by atoms with Crippen molar-refractivity contribution in [1.29, 1.82) is 0 Å². The maximum absolute atomic E-state index is 2.41. The van der Waals surface area contributed by atoms with Crippen LogP contribution >= 0.6 is 0 Å². The van der Waals surface area contributed by atoms with Gasteiger partial charge in [-0.1, -0.05) is 49.4 Å². The Hall–Kier alpha value is -1.56. The minimum absolute atomic E-state index is 0.625. The number of rotatable bonds is 1. The van der Waals surface area contributed by atoms with Crippen LogP contribution < -0.4 is 0 Å². The fourth-order valence-electron chi connectivity index (χ4n) is 2.85. The smallest absolute Gasteiger partial charge is 0.00275 e. The minimum Gasteiger partial charge on any atom is -0.0734 e. The van der Waals surface area contributed by atoms with E-state index in [4.69, 9.17) is 0 Å². The molecule has 0 aromatic heterocycles. The second kappa shape index (κ2) is 3.48. The van der Waals surface area contributed by atoms with Gasteiger partial charge in [-0.25, -0.2) is 0 Å². The highest BCUT2D eigenvalue weighted by Crippen LogP contribution is 2.41.